The molecule has 0 amide bonds. The Morgan fingerprint density at radius 3 is 2.37 bits per heavy atom. The van der Waals surface area contributed by atoms with Crippen LogP contribution in [0.1, 0.15) is 25.3 Å². The lowest BCUT2D eigenvalue weighted by Gasteiger charge is -2.16. The van der Waals surface area contributed by atoms with Gasteiger partial charge in [0.25, 0.3) is 0 Å². The topological polar surface area (TPSA) is 49.4 Å². The highest BCUT2D eigenvalue weighted by atomic mass is 32.2. The number of benzene rings is 1. The van der Waals surface area contributed by atoms with E-state index in [1.165, 1.54) is 0 Å². The van der Waals surface area contributed by atoms with E-state index in [0.717, 1.165) is 31.5 Å². The van der Waals surface area contributed by atoms with Gasteiger partial charge in [-0.25, -0.2) is 13.1 Å². The predicted octanol–water partition coefficient (Wildman–Crippen LogP) is 2.01. The van der Waals surface area contributed by atoms with Crippen molar-refractivity contribution in [3.63, 3.8) is 0 Å². The predicted molar refractivity (Wildman–Crippen MR) is 78.8 cm³/mol. The van der Waals surface area contributed by atoms with E-state index in [0.29, 0.717) is 11.4 Å². The minimum Gasteiger partial charge on any atom is -0.305 e. The van der Waals surface area contributed by atoms with Gasteiger partial charge in [-0.15, -0.1) is 0 Å². The lowest BCUT2D eigenvalue weighted by Crippen LogP contribution is -2.33. The van der Waals surface area contributed by atoms with Gasteiger partial charge in [-0.3, -0.25) is 0 Å². The van der Waals surface area contributed by atoms with Crippen molar-refractivity contribution in [2.24, 2.45) is 0 Å². The monoisotopic (exact) mass is 284 g/mol. The fraction of sp³-hybridized carbons (Fsp3) is 0.571. The molecule has 0 radical (unpaired) electrons. The van der Waals surface area contributed by atoms with Crippen molar-refractivity contribution in [3.05, 3.63) is 29.8 Å². The first-order valence-corrected chi connectivity index (χ1v) is 8.19. The van der Waals surface area contributed by atoms with Gasteiger partial charge in [0.2, 0.25) is 10.0 Å². The second kappa shape index (κ2) is 7.62. The second-order valence-corrected chi connectivity index (χ2v) is 6.63. The molecule has 1 rings (SSSR count). The Morgan fingerprint density at radius 1 is 1.16 bits per heavy atom. The fourth-order valence-corrected chi connectivity index (χ4v) is 2.73. The number of unbranched alkanes of at least 4 members (excludes halogenated alkanes) is 1. The summed E-state index contributed by atoms with van der Waals surface area (Å²) in [6, 6.07) is 6.89. The molecule has 0 saturated carbocycles. The summed E-state index contributed by atoms with van der Waals surface area (Å²) in [5.41, 5.74) is 1.05. The summed E-state index contributed by atoms with van der Waals surface area (Å²) in [5, 5.41) is 0. The Hall–Kier alpha value is -0.910. The van der Waals surface area contributed by atoms with E-state index in [4.69, 9.17) is 0 Å². The van der Waals surface area contributed by atoms with E-state index in [2.05, 4.69) is 16.5 Å². The largest absolute Gasteiger partial charge is 0.305 e. The van der Waals surface area contributed by atoms with E-state index in [1.54, 1.807) is 12.1 Å². The highest BCUT2D eigenvalue weighted by molar-refractivity contribution is 7.89. The minimum absolute atomic E-state index is 0.328. The summed E-state index contributed by atoms with van der Waals surface area (Å²) in [6.07, 6.45) is 2.29. The Labute approximate surface area is 116 Å². The number of hydrogen-bond acceptors (Lipinski definition) is 3. The summed E-state index contributed by atoms with van der Waals surface area (Å²) in [5.74, 6) is 0. The molecular weight excluding hydrogens is 260 g/mol. The van der Waals surface area contributed by atoms with E-state index >= 15 is 0 Å². The molecular formula is C14H24N2O2S. The fourth-order valence-electron chi connectivity index (χ4n) is 1.71. The quantitative estimate of drug-likeness (QED) is 0.794. The zero-order valence-electron chi connectivity index (χ0n) is 12.0. The molecule has 0 spiro atoms. The van der Waals surface area contributed by atoms with Crippen molar-refractivity contribution in [1.29, 1.82) is 0 Å². The van der Waals surface area contributed by atoms with Crippen molar-refractivity contribution >= 4 is 10.0 Å². The summed E-state index contributed by atoms with van der Waals surface area (Å²) in [4.78, 5) is 2.47. The van der Waals surface area contributed by atoms with Crippen LogP contribution in [0, 0.1) is 6.92 Å². The van der Waals surface area contributed by atoms with Crippen molar-refractivity contribution < 1.29 is 8.42 Å². The molecule has 1 aromatic carbocycles. The molecule has 0 unspecified atom stereocenters. The Kier molecular flexibility index (Phi) is 6.48. The first-order chi connectivity index (χ1) is 8.95. The van der Waals surface area contributed by atoms with Crippen LogP contribution in [0.3, 0.4) is 0 Å². The molecule has 0 heterocycles. The van der Waals surface area contributed by atoms with Gasteiger partial charge in [-0.05, 0) is 39.1 Å². The molecule has 0 bridgehead atoms. The van der Waals surface area contributed by atoms with Crippen LogP contribution in [-0.4, -0.2) is 40.0 Å². The molecule has 0 aromatic heterocycles. The summed E-state index contributed by atoms with van der Waals surface area (Å²) in [7, 11) is -1.36. The Morgan fingerprint density at radius 2 is 1.79 bits per heavy atom. The molecule has 19 heavy (non-hydrogen) atoms. The second-order valence-electron chi connectivity index (χ2n) is 4.87. The molecule has 0 fully saturated rings. The number of sulfonamides is 1. The standard InChI is InChI=1S/C14H24N2O2S/c1-4-5-11-16(3)12-10-15-19(17,18)14-8-6-13(2)7-9-14/h6-9,15H,4-5,10-12H2,1-3H3. The summed E-state index contributed by atoms with van der Waals surface area (Å²) >= 11 is 0. The van der Waals surface area contributed by atoms with Gasteiger partial charge in [0.1, 0.15) is 0 Å². The lowest BCUT2D eigenvalue weighted by molar-refractivity contribution is 0.333. The zero-order valence-corrected chi connectivity index (χ0v) is 12.8. The maximum Gasteiger partial charge on any atom is 0.240 e. The molecule has 0 atom stereocenters. The molecule has 108 valence electrons. The van der Waals surface area contributed by atoms with Gasteiger partial charge in [0, 0.05) is 13.1 Å². The van der Waals surface area contributed by atoms with Crippen LogP contribution in [-0.2, 0) is 10.0 Å². The van der Waals surface area contributed by atoms with Gasteiger partial charge in [0.05, 0.1) is 4.90 Å². The van der Waals surface area contributed by atoms with Gasteiger partial charge < -0.3 is 4.90 Å². The van der Waals surface area contributed by atoms with Gasteiger partial charge in [0.15, 0.2) is 0 Å². The Bertz CT molecular complexity index is 469. The normalized spacial score (nSPS) is 12.0. The van der Waals surface area contributed by atoms with Gasteiger partial charge in [-0.1, -0.05) is 31.0 Å². The van der Waals surface area contributed by atoms with Crippen LogP contribution in [0.15, 0.2) is 29.2 Å². The SMILES string of the molecule is CCCCN(C)CCNS(=O)(=O)c1ccc(C)cc1. The average molecular weight is 284 g/mol. The van der Waals surface area contributed by atoms with Gasteiger partial charge in [-0.2, -0.15) is 0 Å². The highest BCUT2D eigenvalue weighted by Gasteiger charge is 2.12. The minimum atomic E-state index is -3.37. The first-order valence-electron chi connectivity index (χ1n) is 6.70. The van der Waals surface area contributed by atoms with Crippen LogP contribution < -0.4 is 4.72 Å². The highest BCUT2D eigenvalue weighted by Crippen LogP contribution is 2.09. The van der Waals surface area contributed by atoms with Crippen LogP contribution in [0.4, 0.5) is 0 Å². The first kappa shape index (κ1) is 16.1. The molecule has 4 nitrogen and oxygen atoms in total. The number of nitrogens with one attached hydrogen (secondary N) is 1. The third kappa shape index (κ3) is 5.72. The van der Waals surface area contributed by atoms with Gasteiger partial charge >= 0.3 is 0 Å². The molecule has 1 aromatic rings. The molecule has 0 aliphatic rings. The van der Waals surface area contributed by atoms with E-state index in [9.17, 15) is 8.42 Å². The Balaban J connectivity index is 2.45. The van der Waals surface area contributed by atoms with E-state index in [1.807, 2.05) is 26.1 Å². The van der Waals surface area contributed by atoms with E-state index < -0.39 is 10.0 Å². The van der Waals surface area contributed by atoms with Crippen LogP contribution in [0.5, 0.6) is 0 Å². The number of rotatable bonds is 8. The van der Waals surface area contributed by atoms with Crippen LogP contribution in [0.2, 0.25) is 0 Å². The smallest absolute Gasteiger partial charge is 0.240 e. The molecule has 0 aliphatic carbocycles. The molecule has 0 aliphatic heterocycles. The lowest BCUT2D eigenvalue weighted by atomic mass is 10.2. The van der Waals surface area contributed by atoms with Crippen LogP contribution in [0.25, 0.3) is 0 Å². The maximum atomic E-state index is 12.0. The number of nitrogens with zero attached hydrogens (tertiary/aromatic N) is 1. The zero-order chi connectivity index (χ0) is 14.3. The van der Waals surface area contributed by atoms with Crippen molar-refractivity contribution in [3.8, 4) is 0 Å². The average Bonchev–Trinajstić information content (AvgIpc) is 2.36. The molecule has 5 heteroatoms. The summed E-state index contributed by atoms with van der Waals surface area (Å²) in [6.45, 7) is 6.25. The third-order valence-electron chi connectivity index (χ3n) is 3.01. The molecule has 1 N–H and O–H groups in total. The molecule has 0 saturated heterocycles. The summed E-state index contributed by atoms with van der Waals surface area (Å²) < 4.78 is 26.7. The maximum absolute atomic E-state index is 12.0. The number of aryl methyl sites for hydroxylation is 1. The number of likely N-dealkylation sites (N-methyl/N-ethyl adjacent to an activating group) is 1. The van der Waals surface area contributed by atoms with Crippen LogP contribution >= 0.6 is 0 Å². The number of hydrogen-bond donors (Lipinski definition) is 1. The van der Waals surface area contributed by atoms with Crippen molar-refractivity contribution in [2.75, 3.05) is 26.7 Å². The van der Waals surface area contributed by atoms with Crippen molar-refractivity contribution in [1.82, 2.24) is 9.62 Å². The van der Waals surface area contributed by atoms with E-state index in [-0.39, 0.29) is 0 Å². The third-order valence-corrected chi connectivity index (χ3v) is 4.49. The van der Waals surface area contributed by atoms with Crippen molar-refractivity contribution in [2.45, 2.75) is 31.6 Å².